The van der Waals surface area contributed by atoms with E-state index in [1.807, 2.05) is 24.0 Å². The van der Waals surface area contributed by atoms with E-state index < -0.39 is 0 Å². The average Bonchev–Trinajstić information content (AvgIpc) is 3.46. The molecule has 0 saturated carbocycles. The second-order valence-corrected chi connectivity index (χ2v) is 8.38. The van der Waals surface area contributed by atoms with E-state index in [-0.39, 0.29) is 11.9 Å². The lowest BCUT2D eigenvalue weighted by Gasteiger charge is -2.28. The lowest BCUT2D eigenvalue weighted by molar-refractivity contribution is 0.0601. The molecule has 1 aliphatic heterocycles. The summed E-state index contributed by atoms with van der Waals surface area (Å²) in [5.41, 5.74) is 5.43. The molecule has 0 aliphatic carbocycles. The van der Waals surface area contributed by atoms with Gasteiger partial charge in [-0.2, -0.15) is 5.10 Å². The molecule has 1 atom stereocenters. The Hall–Kier alpha value is -4.33. The molecule has 2 aromatic heterocycles. The normalized spacial score (nSPS) is 14.5. The molecule has 5 rings (SSSR count). The predicted molar refractivity (Wildman–Crippen MR) is 135 cm³/mol. The van der Waals surface area contributed by atoms with Crippen LogP contribution in [0.3, 0.4) is 0 Å². The van der Waals surface area contributed by atoms with Gasteiger partial charge in [0.15, 0.2) is 0 Å². The first-order valence-corrected chi connectivity index (χ1v) is 11.5. The number of carbonyl (C=O) groups is 1. The molecule has 1 aliphatic rings. The van der Waals surface area contributed by atoms with Gasteiger partial charge in [-0.05, 0) is 54.4 Å². The van der Waals surface area contributed by atoms with Gasteiger partial charge < -0.3 is 19.7 Å². The summed E-state index contributed by atoms with van der Waals surface area (Å²) in [6.07, 6.45) is 7.82. The molecular weight excluding hydrogens is 442 g/mol. The van der Waals surface area contributed by atoms with Crippen molar-refractivity contribution in [2.24, 2.45) is 0 Å². The van der Waals surface area contributed by atoms with Gasteiger partial charge in [-0.15, -0.1) is 0 Å². The van der Waals surface area contributed by atoms with Crippen molar-refractivity contribution in [3.8, 4) is 11.4 Å². The van der Waals surface area contributed by atoms with E-state index >= 15 is 0 Å². The Labute approximate surface area is 204 Å². The van der Waals surface area contributed by atoms with Crippen molar-refractivity contribution in [1.82, 2.24) is 14.8 Å². The maximum atomic E-state index is 12.1. The van der Waals surface area contributed by atoms with Gasteiger partial charge in [0.05, 0.1) is 36.9 Å². The summed E-state index contributed by atoms with van der Waals surface area (Å²) in [5, 5.41) is 7.66. The lowest BCUT2D eigenvalue weighted by Crippen LogP contribution is -2.22. The molecule has 8 heteroatoms. The number of nitrogens with one attached hydrogen (secondary N) is 1. The number of aromatic nitrogens is 3. The zero-order chi connectivity index (χ0) is 24.2. The van der Waals surface area contributed by atoms with E-state index in [4.69, 9.17) is 9.47 Å². The number of hydrogen-bond donors (Lipinski definition) is 1. The largest absolute Gasteiger partial charge is 0.493 e. The van der Waals surface area contributed by atoms with Gasteiger partial charge in [-0.1, -0.05) is 6.07 Å². The summed E-state index contributed by atoms with van der Waals surface area (Å²) in [5.74, 6) is 0.754. The molecule has 0 radical (unpaired) electrons. The minimum atomic E-state index is -0.382. The Morgan fingerprint density at radius 3 is 2.77 bits per heavy atom. The highest BCUT2D eigenvalue weighted by molar-refractivity contribution is 5.95. The van der Waals surface area contributed by atoms with Gasteiger partial charge in [0.2, 0.25) is 0 Å². The molecule has 3 heterocycles. The smallest absolute Gasteiger partial charge is 0.340 e. The Kier molecular flexibility index (Phi) is 6.34. The molecule has 1 N–H and O–H groups in total. The summed E-state index contributed by atoms with van der Waals surface area (Å²) in [6, 6.07) is 18.2. The van der Waals surface area contributed by atoms with Crippen LogP contribution in [0.2, 0.25) is 0 Å². The van der Waals surface area contributed by atoms with Crippen LogP contribution < -0.4 is 15.0 Å². The first-order chi connectivity index (χ1) is 17.1. The third kappa shape index (κ3) is 4.68. The number of methoxy groups -OCH3 is 1. The van der Waals surface area contributed by atoms with Crippen LogP contribution in [-0.4, -0.2) is 48.0 Å². The monoisotopic (exact) mass is 469 g/mol. The number of nitrogens with zero attached hydrogens (tertiary/aromatic N) is 4. The zero-order valence-corrected chi connectivity index (χ0v) is 19.7. The molecule has 0 amide bonds. The molecule has 0 saturated heterocycles. The van der Waals surface area contributed by atoms with Gasteiger partial charge in [0.25, 0.3) is 0 Å². The van der Waals surface area contributed by atoms with Crippen molar-refractivity contribution >= 4 is 23.0 Å². The van der Waals surface area contributed by atoms with E-state index in [2.05, 4.69) is 62.8 Å². The van der Waals surface area contributed by atoms with Crippen LogP contribution in [-0.2, 0) is 4.74 Å². The number of benzene rings is 2. The second-order valence-electron chi connectivity index (χ2n) is 8.38. The fraction of sp³-hybridized carbons (Fsp3) is 0.222. The molecule has 2 aromatic carbocycles. The van der Waals surface area contributed by atoms with Crippen molar-refractivity contribution < 1.29 is 14.3 Å². The van der Waals surface area contributed by atoms with Crippen LogP contribution in [0.25, 0.3) is 5.69 Å². The predicted octanol–water partition coefficient (Wildman–Crippen LogP) is 4.80. The number of carbonyl (C=O) groups excluding carboxylic acids is 1. The summed E-state index contributed by atoms with van der Waals surface area (Å²) in [7, 11) is 3.42. The highest BCUT2D eigenvalue weighted by Crippen LogP contribution is 2.38. The topological polar surface area (TPSA) is 81.5 Å². The van der Waals surface area contributed by atoms with Gasteiger partial charge in [-0.3, -0.25) is 4.98 Å². The van der Waals surface area contributed by atoms with E-state index in [0.29, 0.717) is 24.4 Å². The summed E-state index contributed by atoms with van der Waals surface area (Å²) >= 11 is 0. The zero-order valence-electron chi connectivity index (χ0n) is 19.7. The van der Waals surface area contributed by atoms with Crippen molar-refractivity contribution in [2.45, 2.75) is 12.3 Å². The average molecular weight is 470 g/mol. The molecule has 178 valence electrons. The van der Waals surface area contributed by atoms with Gasteiger partial charge in [-0.25, -0.2) is 9.48 Å². The van der Waals surface area contributed by atoms with Crippen LogP contribution in [0.5, 0.6) is 5.75 Å². The third-order valence-electron chi connectivity index (χ3n) is 6.32. The summed E-state index contributed by atoms with van der Waals surface area (Å²) in [6.45, 7) is 1.30. The number of fused-ring (bicyclic) bond motifs is 1. The number of anilines is 3. The molecule has 35 heavy (non-hydrogen) atoms. The molecule has 0 bridgehead atoms. The molecule has 0 unspecified atom stereocenters. The van der Waals surface area contributed by atoms with Crippen LogP contribution in [0.4, 0.5) is 17.1 Å². The third-order valence-corrected chi connectivity index (χ3v) is 6.32. The fourth-order valence-electron chi connectivity index (χ4n) is 4.33. The van der Waals surface area contributed by atoms with Crippen molar-refractivity contribution in [3.63, 3.8) is 0 Å². The first kappa shape index (κ1) is 22.5. The molecule has 0 fully saturated rings. The van der Waals surface area contributed by atoms with Gasteiger partial charge >= 0.3 is 5.97 Å². The minimum Gasteiger partial charge on any atom is -0.493 e. The van der Waals surface area contributed by atoms with Crippen molar-refractivity contribution in [2.75, 3.05) is 37.5 Å². The number of esters is 1. The first-order valence-electron chi connectivity index (χ1n) is 11.5. The minimum absolute atomic E-state index is 0.247. The summed E-state index contributed by atoms with van der Waals surface area (Å²) < 4.78 is 12.8. The van der Waals surface area contributed by atoms with E-state index in [1.54, 1.807) is 24.7 Å². The summed E-state index contributed by atoms with van der Waals surface area (Å²) in [4.78, 5) is 18.3. The van der Waals surface area contributed by atoms with Crippen LogP contribution in [0.1, 0.15) is 28.3 Å². The highest BCUT2D eigenvalue weighted by atomic mass is 16.5. The van der Waals surface area contributed by atoms with Gasteiger partial charge in [0.1, 0.15) is 5.75 Å². The maximum absolute atomic E-state index is 12.1. The standard InChI is InChI=1S/C27H27N5O3/c1-31(20-4-6-21(7-5-20)32-14-3-12-30-32)22-8-9-23-19(11-15-35-26(23)16-22)17-29-25-18-28-13-10-24(25)27(33)34-2/h3-10,12-14,16,18-19,29H,11,15,17H2,1-2H3/t19-/m0/s1. The number of rotatable bonds is 7. The Bertz CT molecular complexity index is 1300. The lowest BCUT2D eigenvalue weighted by atomic mass is 9.92. The molecule has 8 nitrogen and oxygen atoms in total. The van der Waals surface area contributed by atoms with Crippen LogP contribution >= 0.6 is 0 Å². The van der Waals surface area contributed by atoms with Gasteiger partial charge in [0, 0.05) is 55.5 Å². The Balaban J connectivity index is 1.31. The van der Waals surface area contributed by atoms with E-state index in [1.165, 1.54) is 7.11 Å². The second kappa shape index (κ2) is 9.89. The highest BCUT2D eigenvalue weighted by Gasteiger charge is 2.23. The number of ether oxygens (including phenoxy) is 2. The molecule has 0 spiro atoms. The Morgan fingerprint density at radius 1 is 1.17 bits per heavy atom. The Morgan fingerprint density at radius 2 is 2.00 bits per heavy atom. The van der Waals surface area contributed by atoms with Crippen LogP contribution in [0, 0.1) is 0 Å². The SMILES string of the molecule is COC(=O)c1ccncc1NC[C@@H]1CCOc2cc(N(C)c3ccc(-n4cccn4)cc3)ccc21. The maximum Gasteiger partial charge on any atom is 0.340 e. The molecular formula is C27H27N5O3. The van der Waals surface area contributed by atoms with Crippen LogP contribution in [0.15, 0.2) is 79.4 Å². The van der Waals surface area contributed by atoms with Crippen molar-refractivity contribution in [1.29, 1.82) is 0 Å². The number of hydrogen-bond acceptors (Lipinski definition) is 7. The van der Waals surface area contributed by atoms with Crippen molar-refractivity contribution in [3.05, 3.63) is 90.5 Å². The number of pyridine rings is 1. The molecule has 4 aromatic rings. The van der Waals surface area contributed by atoms with E-state index in [0.717, 1.165) is 34.8 Å². The quantitative estimate of drug-likeness (QED) is 0.389. The van der Waals surface area contributed by atoms with E-state index in [9.17, 15) is 4.79 Å². The fourth-order valence-corrected chi connectivity index (χ4v) is 4.33.